The summed E-state index contributed by atoms with van der Waals surface area (Å²) in [5.41, 5.74) is 1.41. The van der Waals surface area contributed by atoms with Gasteiger partial charge in [0.2, 0.25) is 0 Å². The number of benzene rings is 1. The lowest BCUT2D eigenvalue weighted by atomic mass is 10.1. The van der Waals surface area contributed by atoms with Crippen molar-refractivity contribution in [2.24, 2.45) is 0 Å². The molecule has 1 aromatic carbocycles. The van der Waals surface area contributed by atoms with Gasteiger partial charge in [0.25, 0.3) is 0 Å². The highest BCUT2D eigenvalue weighted by molar-refractivity contribution is 9.10. The first-order valence-corrected chi connectivity index (χ1v) is 7.94. The summed E-state index contributed by atoms with van der Waals surface area (Å²) in [4.78, 5) is 2.57. The molecule has 1 aromatic rings. The first-order chi connectivity index (χ1) is 8.05. The summed E-state index contributed by atoms with van der Waals surface area (Å²) in [7, 11) is 0. The molecule has 0 radical (unpaired) electrons. The molecular formula is C14H20BrNS. The quantitative estimate of drug-likeness (QED) is 0.806. The molecule has 94 valence electrons. The minimum Gasteiger partial charge on any atom is -0.298 e. The summed E-state index contributed by atoms with van der Waals surface area (Å²) < 4.78 is 1.61. The number of thioether (sulfide) groups is 1. The van der Waals surface area contributed by atoms with E-state index in [4.69, 9.17) is 0 Å². The fraction of sp³-hybridized carbons (Fsp3) is 0.571. The first-order valence-electron chi connectivity index (χ1n) is 6.16. The van der Waals surface area contributed by atoms with Gasteiger partial charge < -0.3 is 0 Å². The maximum atomic E-state index is 3.48. The van der Waals surface area contributed by atoms with Crippen molar-refractivity contribution in [3.05, 3.63) is 34.3 Å². The Balaban J connectivity index is 1.93. The Hall–Kier alpha value is 0.01000. The van der Waals surface area contributed by atoms with Gasteiger partial charge >= 0.3 is 0 Å². The highest BCUT2D eigenvalue weighted by atomic mass is 79.9. The second-order valence-corrected chi connectivity index (χ2v) is 7.98. The molecule has 17 heavy (non-hydrogen) atoms. The smallest absolute Gasteiger partial charge is 0.0234 e. The van der Waals surface area contributed by atoms with Gasteiger partial charge in [0.1, 0.15) is 0 Å². The van der Waals surface area contributed by atoms with E-state index in [-0.39, 0.29) is 0 Å². The Bertz CT molecular complexity index is 361. The van der Waals surface area contributed by atoms with Crippen LogP contribution in [0.4, 0.5) is 0 Å². The molecule has 1 saturated heterocycles. The van der Waals surface area contributed by atoms with Crippen molar-refractivity contribution in [2.75, 3.05) is 18.8 Å². The van der Waals surface area contributed by atoms with Crippen molar-refractivity contribution in [3.63, 3.8) is 0 Å². The van der Waals surface area contributed by atoms with Crippen LogP contribution in [0.15, 0.2) is 28.7 Å². The summed E-state index contributed by atoms with van der Waals surface area (Å²) in [6, 6.07) is 8.69. The number of rotatable bonds is 2. The van der Waals surface area contributed by atoms with E-state index in [2.05, 4.69) is 70.7 Å². The number of hydrogen-bond donors (Lipinski definition) is 0. The Morgan fingerprint density at radius 1 is 1.24 bits per heavy atom. The molecule has 0 atom stereocenters. The fourth-order valence-corrected chi connectivity index (χ4v) is 3.47. The molecule has 1 heterocycles. The minimum absolute atomic E-state index is 0.453. The lowest BCUT2D eigenvalue weighted by Gasteiger charge is -2.22. The van der Waals surface area contributed by atoms with Crippen LogP contribution in [0.5, 0.6) is 0 Å². The molecule has 3 heteroatoms. The number of nitrogens with zero attached hydrogens (tertiary/aromatic N) is 1. The number of halogens is 1. The largest absolute Gasteiger partial charge is 0.298 e. The van der Waals surface area contributed by atoms with Gasteiger partial charge in [-0.1, -0.05) is 41.9 Å². The number of hydrogen-bond acceptors (Lipinski definition) is 2. The topological polar surface area (TPSA) is 3.24 Å². The van der Waals surface area contributed by atoms with Crippen LogP contribution in [0, 0.1) is 0 Å². The van der Waals surface area contributed by atoms with Gasteiger partial charge in [-0.3, -0.25) is 4.90 Å². The lowest BCUT2D eigenvalue weighted by Crippen LogP contribution is -2.26. The van der Waals surface area contributed by atoms with Crippen molar-refractivity contribution in [3.8, 4) is 0 Å². The molecular weight excluding hydrogens is 294 g/mol. The van der Waals surface area contributed by atoms with E-state index < -0.39 is 0 Å². The van der Waals surface area contributed by atoms with Crippen LogP contribution < -0.4 is 0 Å². The molecule has 0 amide bonds. The van der Waals surface area contributed by atoms with E-state index in [0.717, 1.165) is 11.0 Å². The molecule has 0 bridgehead atoms. The van der Waals surface area contributed by atoms with Gasteiger partial charge in [-0.2, -0.15) is 11.8 Å². The average molecular weight is 314 g/mol. The van der Waals surface area contributed by atoms with Crippen LogP contribution in [0.25, 0.3) is 0 Å². The molecule has 0 saturated carbocycles. The van der Waals surface area contributed by atoms with Gasteiger partial charge in [0.05, 0.1) is 0 Å². The fourth-order valence-electron chi connectivity index (χ4n) is 2.07. The zero-order valence-corrected chi connectivity index (χ0v) is 13.0. The Kier molecular flexibility index (Phi) is 4.56. The van der Waals surface area contributed by atoms with E-state index in [9.17, 15) is 0 Å². The molecule has 0 spiro atoms. The van der Waals surface area contributed by atoms with E-state index >= 15 is 0 Å². The highest BCUT2D eigenvalue weighted by Gasteiger charge is 2.23. The SMILES string of the molecule is CC1(C)CCN(Cc2ccc(Br)cc2)CCS1. The zero-order chi connectivity index (χ0) is 12.3. The second kappa shape index (κ2) is 5.77. The summed E-state index contributed by atoms with van der Waals surface area (Å²) in [5, 5.41) is 0. The molecule has 0 aliphatic carbocycles. The third kappa shape index (κ3) is 4.31. The maximum absolute atomic E-state index is 3.48. The van der Waals surface area contributed by atoms with Crippen LogP contribution >= 0.6 is 27.7 Å². The van der Waals surface area contributed by atoms with Crippen LogP contribution in [0.2, 0.25) is 0 Å². The molecule has 1 fully saturated rings. The summed E-state index contributed by atoms with van der Waals surface area (Å²) in [6.45, 7) is 8.24. The van der Waals surface area contributed by atoms with E-state index in [1.807, 2.05) is 0 Å². The van der Waals surface area contributed by atoms with Crippen molar-refractivity contribution < 1.29 is 0 Å². The lowest BCUT2D eigenvalue weighted by molar-refractivity contribution is 0.276. The molecule has 1 aliphatic rings. The zero-order valence-electron chi connectivity index (χ0n) is 10.6. The van der Waals surface area contributed by atoms with Crippen LogP contribution in [0.3, 0.4) is 0 Å². The molecule has 0 unspecified atom stereocenters. The molecule has 2 rings (SSSR count). The Morgan fingerprint density at radius 2 is 1.94 bits per heavy atom. The summed E-state index contributed by atoms with van der Waals surface area (Å²) in [5.74, 6) is 1.25. The van der Waals surface area contributed by atoms with E-state index in [1.54, 1.807) is 0 Å². The van der Waals surface area contributed by atoms with Crippen molar-refractivity contribution >= 4 is 27.7 Å². The van der Waals surface area contributed by atoms with Crippen molar-refractivity contribution in [1.82, 2.24) is 4.90 Å². The van der Waals surface area contributed by atoms with Crippen LogP contribution in [-0.4, -0.2) is 28.5 Å². The first kappa shape index (κ1) is 13.4. The normalized spacial score (nSPS) is 21.1. The molecule has 1 aliphatic heterocycles. The molecule has 0 N–H and O–H groups in total. The third-order valence-electron chi connectivity index (χ3n) is 3.25. The van der Waals surface area contributed by atoms with Gasteiger partial charge in [0, 0.05) is 28.1 Å². The Morgan fingerprint density at radius 3 is 2.65 bits per heavy atom. The van der Waals surface area contributed by atoms with E-state index in [1.165, 1.54) is 30.8 Å². The van der Waals surface area contributed by atoms with E-state index in [0.29, 0.717) is 4.75 Å². The minimum atomic E-state index is 0.453. The van der Waals surface area contributed by atoms with Crippen molar-refractivity contribution in [1.29, 1.82) is 0 Å². The summed E-state index contributed by atoms with van der Waals surface area (Å²) >= 11 is 5.59. The summed E-state index contributed by atoms with van der Waals surface area (Å²) in [6.07, 6.45) is 1.29. The van der Waals surface area contributed by atoms with Gasteiger partial charge in [-0.05, 0) is 30.7 Å². The highest BCUT2D eigenvalue weighted by Crippen LogP contribution is 2.31. The second-order valence-electron chi connectivity index (χ2n) is 5.26. The Labute approximate surface area is 117 Å². The van der Waals surface area contributed by atoms with Crippen LogP contribution in [-0.2, 0) is 6.54 Å². The van der Waals surface area contributed by atoms with Crippen LogP contribution in [0.1, 0.15) is 25.8 Å². The van der Waals surface area contributed by atoms with Gasteiger partial charge in [-0.15, -0.1) is 0 Å². The predicted molar refractivity (Wildman–Crippen MR) is 80.6 cm³/mol. The van der Waals surface area contributed by atoms with Gasteiger partial charge in [0.15, 0.2) is 0 Å². The monoisotopic (exact) mass is 313 g/mol. The predicted octanol–water partition coefficient (Wildman–Crippen LogP) is 4.17. The standard InChI is InChI=1S/C14H20BrNS/c1-14(2)7-8-16(9-10-17-14)11-12-3-5-13(15)6-4-12/h3-6H,7-11H2,1-2H3. The van der Waals surface area contributed by atoms with Gasteiger partial charge in [-0.25, -0.2) is 0 Å². The van der Waals surface area contributed by atoms with Crippen molar-refractivity contribution in [2.45, 2.75) is 31.6 Å². The average Bonchev–Trinajstić information content (AvgIpc) is 2.44. The molecule has 1 nitrogen and oxygen atoms in total. The maximum Gasteiger partial charge on any atom is 0.0234 e. The molecule has 0 aromatic heterocycles. The third-order valence-corrected chi connectivity index (χ3v) is 5.15.